The van der Waals surface area contributed by atoms with Crippen molar-refractivity contribution in [1.29, 1.82) is 0 Å². The Labute approximate surface area is 112 Å². The summed E-state index contributed by atoms with van der Waals surface area (Å²) in [6, 6.07) is 6.70. The van der Waals surface area contributed by atoms with Gasteiger partial charge in [-0.15, -0.1) is 0 Å². The summed E-state index contributed by atoms with van der Waals surface area (Å²) in [5.74, 6) is -0.276. The molecule has 1 amide bonds. The van der Waals surface area contributed by atoms with Crippen molar-refractivity contribution in [3.05, 3.63) is 29.8 Å². The normalized spacial score (nSPS) is 24.1. The molecule has 0 spiro atoms. The Morgan fingerprint density at radius 3 is 2.79 bits per heavy atom. The fourth-order valence-corrected chi connectivity index (χ4v) is 2.29. The Balaban J connectivity index is 1.88. The standard InChI is InChI=1S/C14H20N2O3/c1-16-7-6-13(18)12(9-16)14(19)15-8-10-2-4-11(17)5-3-10/h2-5,12-13,17-18H,6-9H2,1H3,(H,15,19)/t12-,13-/m1/s1. The van der Waals surface area contributed by atoms with Crippen LogP contribution < -0.4 is 5.32 Å². The van der Waals surface area contributed by atoms with Crippen LogP contribution in [0.25, 0.3) is 0 Å². The van der Waals surface area contributed by atoms with E-state index in [2.05, 4.69) is 10.2 Å². The quantitative estimate of drug-likeness (QED) is 0.735. The fraction of sp³-hybridized carbons (Fsp3) is 0.500. The van der Waals surface area contributed by atoms with Crippen molar-refractivity contribution in [2.24, 2.45) is 5.92 Å². The van der Waals surface area contributed by atoms with Crippen molar-refractivity contribution in [1.82, 2.24) is 10.2 Å². The van der Waals surface area contributed by atoms with Gasteiger partial charge in [0.15, 0.2) is 0 Å². The molecule has 19 heavy (non-hydrogen) atoms. The van der Waals surface area contributed by atoms with Crippen LogP contribution in [-0.4, -0.2) is 47.3 Å². The van der Waals surface area contributed by atoms with Gasteiger partial charge in [0.05, 0.1) is 12.0 Å². The van der Waals surface area contributed by atoms with E-state index < -0.39 is 6.10 Å². The number of carbonyl (C=O) groups is 1. The molecule has 3 N–H and O–H groups in total. The first-order valence-electron chi connectivity index (χ1n) is 6.48. The van der Waals surface area contributed by atoms with E-state index >= 15 is 0 Å². The van der Waals surface area contributed by atoms with Crippen molar-refractivity contribution in [3.63, 3.8) is 0 Å². The lowest BCUT2D eigenvalue weighted by atomic mass is 9.94. The molecule has 1 saturated heterocycles. The predicted octanol–water partition coefficient (Wildman–Crippen LogP) is 0.321. The average Bonchev–Trinajstić information content (AvgIpc) is 2.40. The van der Waals surface area contributed by atoms with Gasteiger partial charge in [0.1, 0.15) is 5.75 Å². The van der Waals surface area contributed by atoms with E-state index in [1.54, 1.807) is 24.3 Å². The number of aliphatic hydroxyl groups excluding tert-OH is 1. The number of hydrogen-bond acceptors (Lipinski definition) is 4. The number of phenolic OH excluding ortho intramolecular Hbond substituents is 1. The summed E-state index contributed by atoms with van der Waals surface area (Å²) in [6.45, 7) is 1.82. The largest absolute Gasteiger partial charge is 0.508 e. The van der Waals surface area contributed by atoms with E-state index in [1.165, 1.54) is 0 Å². The minimum absolute atomic E-state index is 0.118. The number of aliphatic hydroxyl groups is 1. The molecule has 1 aliphatic heterocycles. The van der Waals surface area contributed by atoms with Crippen LogP contribution in [0.3, 0.4) is 0 Å². The van der Waals surface area contributed by atoms with Gasteiger partial charge in [0.2, 0.25) is 5.91 Å². The molecule has 1 fully saturated rings. The van der Waals surface area contributed by atoms with Crippen molar-refractivity contribution in [2.45, 2.75) is 19.1 Å². The highest BCUT2D eigenvalue weighted by Crippen LogP contribution is 2.16. The zero-order valence-electron chi connectivity index (χ0n) is 11.0. The van der Waals surface area contributed by atoms with E-state index in [-0.39, 0.29) is 17.6 Å². The lowest BCUT2D eigenvalue weighted by molar-refractivity contribution is -0.131. The molecular weight excluding hydrogens is 244 g/mol. The van der Waals surface area contributed by atoms with Gasteiger partial charge in [-0.3, -0.25) is 4.79 Å². The topological polar surface area (TPSA) is 72.8 Å². The molecule has 0 saturated carbocycles. The molecule has 1 heterocycles. The Hall–Kier alpha value is -1.59. The second kappa shape index (κ2) is 6.04. The van der Waals surface area contributed by atoms with E-state index in [4.69, 9.17) is 0 Å². The van der Waals surface area contributed by atoms with E-state index in [0.717, 1.165) is 12.1 Å². The number of phenols is 1. The summed E-state index contributed by atoms with van der Waals surface area (Å²) in [5, 5.41) is 21.9. The van der Waals surface area contributed by atoms with E-state index in [9.17, 15) is 15.0 Å². The van der Waals surface area contributed by atoms with Gasteiger partial charge in [-0.05, 0) is 31.2 Å². The second-order valence-corrected chi connectivity index (χ2v) is 5.11. The average molecular weight is 264 g/mol. The monoisotopic (exact) mass is 264 g/mol. The summed E-state index contributed by atoms with van der Waals surface area (Å²) in [6.07, 6.45) is 0.0735. The minimum Gasteiger partial charge on any atom is -0.508 e. The third-order valence-electron chi connectivity index (χ3n) is 3.52. The maximum absolute atomic E-state index is 12.0. The van der Waals surface area contributed by atoms with Crippen molar-refractivity contribution in [2.75, 3.05) is 20.1 Å². The number of rotatable bonds is 3. The Kier molecular flexibility index (Phi) is 4.39. The maximum atomic E-state index is 12.0. The predicted molar refractivity (Wildman–Crippen MR) is 71.6 cm³/mol. The molecule has 0 radical (unpaired) electrons. The van der Waals surface area contributed by atoms with Gasteiger partial charge >= 0.3 is 0 Å². The number of piperidine rings is 1. The van der Waals surface area contributed by atoms with Crippen LogP contribution >= 0.6 is 0 Å². The van der Waals surface area contributed by atoms with Gasteiger partial charge in [-0.2, -0.15) is 0 Å². The molecule has 0 aliphatic carbocycles. The lowest BCUT2D eigenvalue weighted by Crippen LogP contribution is -2.48. The van der Waals surface area contributed by atoms with Crippen LogP contribution in [0.5, 0.6) is 5.75 Å². The third kappa shape index (κ3) is 3.68. The summed E-state index contributed by atoms with van der Waals surface area (Å²) in [7, 11) is 1.95. The van der Waals surface area contributed by atoms with Crippen molar-refractivity contribution >= 4 is 5.91 Å². The van der Waals surface area contributed by atoms with Crippen LogP contribution in [-0.2, 0) is 11.3 Å². The Bertz CT molecular complexity index is 433. The first-order valence-corrected chi connectivity index (χ1v) is 6.48. The first-order chi connectivity index (χ1) is 9.06. The smallest absolute Gasteiger partial charge is 0.227 e. The zero-order chi connectivity index (χ0) is 13.8. The van der Waals surface area contributed by atoms with Gasteiger partial charge in [0, 0.05) is 19.6 Å². The highest BCUT2D eigenvalue weighted by molar-refractivity contribution is 5.79. The molecule has 2 rings (SSSR count). The molecule has 1 aromatic carbocycles. The molecule has 0 bridgehead atoms. The lowest BCUT2D eigenvalue weighted by Gasteiger charge is -2.32. The highest BCUT2D eigenvalue weighted by atomic mass is 16.3. The fourth-order valence-electron chi connectivity index (χ4n) is 2.29. The number of likely N-dealkylation sites (tertiary alicyclic amines) is 1. The van der Waals surface area contributed by atoms with Gasteiger partial charge < -0.3 is 20.4 Å². The maximum Gasteiger partial charge on any atom is 0.227 e. The van der Waals surface area contributed by atoms with Crippen LogP contribution in [0.4, 0.5) is 0 Å². The summed E-state index contributed by atoms with van der Waals surface area (Å²) < 4.78 is 0. The molecule has 1 aliphatic rings. The second-order valence-electron chi connectivity index (χ2n) is 5.11. The number of nitrogens with one attached hydrogen (secondary N) is 1. The first kappa shape index (κ1) is 13.8. The van der Waals surface area contributed by atoms with Crippen LogP contribution in [0.2, 0.25) is 0 Å². The molecule has 0 aromatic heterocycles. The molecular formula is C14H20N2O3. The number of nitrogens with zero attached hydrogens (tertiary/aromatic N) is 1. The van der Waals surface area contributed by atoms with Crippen LogP contribution in [0.15, 0.2) is 24.3 Å². The van der Waals surface area contributed by atoms with Crippen LogP contribution in [0, 0.1) is 5.92 Å². The van der Waals surface area contributed by atoms with Crippen molar-refractivity contribution in [3.8, 4) is 5.75 Å². The number of hydrogen-bond donors (Lipinski definition) is 3. The molecule has 0 unspecified atom stereocenters. The van der Waals surface area contributed by atoms with Gasteiger partial charge in [-0.1, -0.05) is 12.1 Å². The summed E-state index contributed by atoms with van der Waals surface area (Å²) >= 11 is 0. The molecule has 2 atom stereocenters. The molecule has 5 heteroatoms. The molecule has 1 aromatic rings. The minimum atomic E-state index is -0.559. The van der Waals surface area contributed by atoms with E-state index in [1.807, 2.05) is 7.05 Å². The van der Waals surface area contributed by atoms with Gasteiger partial charge in [0.25, 0.3) is 0 Å². The van der Waals surface area contributed by atoms with Crippen molar-refractivity contribution < 1.29 is 15.0 Å². The number of benzene rings is 1. The number of carbonyl (C=O) groups excluding carboxylic acids is 1. The molecule has 104 valence electrons. The summed E-state index contributed by atoms with van der Waals surface area (Å²) in [5.41, 5.74) is 0.921. The number of aromatic hydroxyl groups is 1. The third-order valence-corrected chi connectivity index (χ3v) is 3.52. The highest BCUT2D eigenvalue weighted by Gasteiger charge is 2.31. The van der Waals surface area contributed by atoms with Crippen LogP contribution in [0.1, 0.15) is 12.0 Å². The summed E-state index contributed by atoms with van der Waals surface area (Å²) in [4.78, 5) is 14.1. The zero-order valence-corrected chi connectivity index (χ0v) is 11.0. The number of amides is 1. The molecule has 5 nitrogen and oxygen atoms in total. The van der Waals surface area contributed by atoms with E-state index in [0.29, 0.717) is 19.5 Å². The van der Waals surface area contributed by atoms with Gasteiger partial charge in [-0.25, -0.2) is 0 Å². The SMILES string of the molecule is CN1CC[C@@H](O)[C@H](C(=O)NCc2ccc(O)cc2)C1. The Morgan fingerprint density at radius 1 is 1.42 bits per heavy atom. The Morgan fingerprint density at radius 2 is 2.11 bits per heavy atom.